The summed E-state index contributed by atoms with van der Waals surface area (Å²) in [6, 6.07) is 1.03. The minimum absolute atomic E-state index is 0.272. The summed E-state index contributed by atoms with van der Waals surface area (Å²) in [4.78, 5) is 1.77. The van der Waals surface area contributed by atoms with E-state index in [4.69, 9.17) is 17.3 Å². The van der Waals surface area contributed by atoms with Crippen molar-refractivity contribution in [1.82, 2.24) is 0 Å². The van der Waals surface area contributed by atoms with Crippen LogP contribution in [-0.4, -0.2) is 13.1 Å². The Balaban J connectivity index is 3.50. The third kappa shape index (κ3) is 2.66. The lowest BCUT2D eigenvalue weighted by atomic mass is 10.1. The van der Waals surface area contributed by atoms with Crippen molar-refractivity contribution in [1.29, 1.82) is 0 Å². The lowest BCUT2D eigenvalue weighted by Crippen LogP contribution is -2.23. The zero-order chi connectivity index (χ0) is 14.1. The highest BCUT2D eigenvalue weighted by molar-refractivity contribution is 6.34. The minimum atomic E-state index is -4.47. The zero-order valence-electron chi connectivity index (χ0n) is 10.5. The Morgan fingerprint density at radius 1 is 1.28 bits per heavy atom. The van der Waals surface area contributed by atoms with Gasteiger partial charge in [0.1, 0.15) is 0 Å². The Labute approximate surface area is 110 Å². The van der Waals surface area contributed by atoms with Crippen LogP contribution in [0.2, 0.25) is 5.02 Å². The first-order valence-electron chi connectivity index (χ1n) is 5.64. The number of halogens is 4. The van der Waals surface area contributed by atoms with Gasteiger partial charge in [0.25, 0.3) is 0 Å². The van der Waals surface area contributed by atoms with Crippen LogP contribution >= 0.6 is 11.6 Å². The van der Waals surface area contributed by atoms with E-state index in [0.717, 1.165) is 6.07 Å². The molecule has 0 bridgehead atoms. The smallest absolute Gasteiger partial charge is 0.398 e. The molecule has 0 spiro atoms. The number of anilines is 2. The normalized spacial score (nSPS) is 11.7. The lowest BCUT2D eigenvalue weighted by Gasteiger charge is -2.25. The molecular formula is C12H16ClF3N2. The maximum absolute atomic E-state index is 12.9. The topological polar surface area (TPSA) is 29.3 Å². The molecule has 0 amide bonds. The summed E-state index contributed by atoms with van der Waals surface area (Å²) in [5.74, 6) is 0. The van der Waals surface area contributed by atoms with E-state index in [2.05, 4.69) is 0 Å². The van der Waals surface area contributed by atoms with Gasteiger partial charge in [0.2, 0.25) is 0 Å². The highest BCUT2D eigenvalue weighted by Gasteiger charge is 2.35. The fourth-order valence-electron chi connectivity index (χ4n) is 1.82. The first kappa shape index (κ1) is 15.0. The van der Waals surface area contributed by atoms with Gasteiger partial charge in [0, 0.05) is 18.8 Å². The van der Waals surface area contributed by atoms with Crippen LogP contribution in [0.25, 0.3) is 0 Å². The van der Waals surface area contributed by atoms with E-state index in [1.165, 1.54) is 6.92 Å². The third-order valence-corrected chi connectivity index (χ3v) is 3.42. The van der Waals surface area contributed by atoms with E-state index >= 15 is 0 Å². The van der Waals surface area contributed by atoms with Crippen molar-refractivity contribution in [2.24, 2.45) is 0 Å². The number of nitrogens with zero attached hydrogens (tertiary/aromatic N) is 1. The summed E-state index contributed by atoms with van der Waals surface area (Å²) >= 11 is 6.08. The lowest BCUT2D eigenvalue weighted by molar-refractivity contribution is -0.136. The molecule has 18 heavy (non-hydrogen) atoms. The molecule has 0 fully saturated rings. The quantitative estimate of drug-likeness (QED) is 0.845. The van der Waals surface area contributed by atoms with Crippen LogP contribution in [0.15, 0.2) is 6.07 Å². The summed E-state index contributed by atoms with van der Waals surface area (Å²) < 4.78 is 38.6. The summed E-state index contributed by atoms with van der Waals surface area (Å²) in [5.41, 5.74) is 5.02. The molecular weight excluding hydrogens is 265 g/mol. The molecule has 1 aromatic rings. The fraction of sp³-hybridized carbons (Fsp3) is 0.500. The van der Waals surface area contributed by atoms with E-state index < -0.39 is 11.7 Å². The van der Waals surface area contributed by atoms with Gasteiger partial charge in [-0.25, -0.2) is 0 Å². The SMILES string of the molecule is CCN(CC)c1cc(C(F)(F)F)c(N)c(C)c1Cl. The van der Waals surface area contributed by atoms with Gasteiger partial charge in [0.15, 0.2) is 0 Å². The average molecular weight is 281 g/mol. The van der Waals surface area contributed by atoms with Gasteiger partial charge in [-0.15, -0.1) is 0 Å². The molecule has 0 aliphatic carbocycles. The second-order valence-corrected chi connectivity index (χ2v) is 4.34. The van der Waals surface area contributed by atoms with Crippen LogP contribution in [0.3, 0.4) is 0 Å². The van der Waals surface area contributed by atoms with Crippen LogP contribution in [0.1, 0.15) is 25.0 Å². The molecule has 1 aromatic carbocycles. The Kier molecular flexibility index (Phi) is 4.37. The number of nitrogens with two attached hydrogens (primary N) is 1. The Hall–Kier alpha value is -1.10. The Bertz CT molecular complexity index is 440. The van der Waals surface area contributed by atoms with Gasteiger partial charge >= 0.3 is 6.18 Å². The van der Waals surface area contributed by atoms with E-state index in [1.807, 2.05) is 13.8 Å². The van der Waals surface area contributed by atoms with Crippen molar-refractivity contribution in [3.05, 3.63) is 22.2 Å². The number of hydrogen-bond acceptors (Lipinski definition) is 2. The summed E-state index contributed by atoms with van der Waals surface area (Å²) in [5, 5.41) is 0.282. The Morgan fingerprint density at radius 2 is 1.78 bits per heavy atom. The van der Waals surface area contributed by atoms with Crippen LogP contribution in [0.4, 0.5) is 24.5 Å². The van der Waals surface area contributed by atoms with E-state index in [1.54, 1.807) is 4.90 Å². The second-order valence-electron chi connectivity index (χ2n) is 3.97. The van der Waals surface area contributed by atoms with Crippen molar-refractivity contribution in [3.63, 3.8) is 0 Å². The van der Waals surface area contributed by atoms with Crippen molar-refractivity contribution in [2.45, 2.75) is 26.9 Å². The second kappa shape index (κ2) is 5.26. The van der Waals surface area contributed by atoms with Crippen molar-refractivity contribution in [2.75, 3.05) is 23.7 Å². The van der Waals surface area contributed by atoms with Crippen molar-refractivity contribution < 1.29 is 13.2 Å². The summed E-state index contributed by atoms with van der Waals surface area (Å²) in [7, 11) is 0. The molecule has 0 aliphatic rings. The summed E-state index contributed by atoms with van der Waals surface area (Å²) in [6.07, 6.45) is -4.47. The van der Waals surface area contributed by atoms with E-state index in [-0.39, 0.29) is 16.3 Å². The molecule has 0 saturated carbocycles. The molecule has 0 heterocycles. The highest BCUT2D eigenvalue weighted by atomic mass is 35.5. The van der Waals surface area contributed by atoms with Gasteiger partial charge in [-0.2, -0.15) is 13.2 Å². The third-order valence-electron chi connectivity index (χ3n) is 2.94. The predicted molar refractivity (Wildman–Crippen MR) is 69.2 cm³/mol. The standard InChI is InChI=1S/C12H16ClF3N2/c1-4-18(5-2)9-6-8(12(14,15)16)11(17)7(3)10(9)13/h6H,4-5,17H2,1-3H3. The fourth-order valence-corrected chi connectivity index (χ4v) is 2.09. The number of alkyl halides is 3. The number of nitrogen functional groups attached to an aromatic ring is 1. The maximum atomic E-state index is 12.9. The largest absolute Gasteiger partial charge is 0.418 e. The predicted octanol–water partition coefficient (Wildman–Crippen LogP) is 4.10. The number of rotatable bonds is 3. The summed E-state index contributed by atoms with van der Waals surface area (Å²) in [6.45, 7) is 6.38. The molecule has 2 nitrogen and oxygen atoms in total. The van der Waals surface area contributed by atoms with E-state index in [0.29, 0.717) is 18.8 Å². The Morgan fingerprint density at radius 3 is 2.17 bits per heavy atom. The van der Waals surface area contributed by atoms with Gasteiger partial charge < -0.3 is 10.6 Å². The average Bonchev–Trinajstić information content (AvgIpc) is 2.28. The van der Waals surface area contributed by atoms with Crippen LogP contribution < -0.4 is 10.6 Å². The number of benzene rings is 1. The number of hydrogen-bond donors (Lipinski definition) is 1. The zero-order valence-corrected chi connectivity index (χ0v) is 11.3. The van der Waals surface area contributed by atoms with Crippen LogP contribution in [0.5, 0.6) is 0 Å². The highest BCUT2D eigenvalue weighted by Crippen LogP contribution is 2.42. The molecule has 0 saturated heterocycles. The molecule has 0 radical (unpaired) electrons. The monoisotopic (exact) mass is 280 g/mol. The minimum Gasteiger partial charge on any atom is -0.398 e. The first-order chi connectivity index (χ1) is 8.23. The molecule has 1 rings (SSSR count). The van der Waals surface area contributed by atoms with Crippen LogP contribution in [-0.2, 0) is 6.18 Å². The van der Waals surface area contributed by atoms with Crippen molar-refractivity contribution >= 4 is 23.0 Å². The first-order valence-corrected chi connectivity index (χ1v) is 6.02. The van der Waals surface area contributed by atoms with Gasteiger partial charge in [-0.1, -0.05) is 11.6 Å². The van der Waals surface area contributed by atoms with Crippen LogP contribution in [0, 0.1) is 6.92 Å². The molecule has 2 N–H and O–H groups in total. The molecule has 0 unspecified atom stereocenters. The van der Waals surface area contributed by atoms with Gasteiger partial charge in [0.05, 0.1) is 16.3 Å². The molecule has 6 heteroatoms. The van der Waals surface area contributed by atoms with Crippen molar-refractivity contribution in [3.8, 4) is 0 Å². The molecule has 102 valence electrons. The molecule has 0 aliphatic heterocycles. The van der Waals surface area contributed by atoms with E-state index in [9.17, 15) is 13.2 Å². The van der Waals surface area contributed by atoms with Gasteiger partial charge in [-0.05, 0) is 32.4 Å². The maximum Gasteiger partial charge on any atom is 0.418 e. The molecule has 0 aromatic heterocycles. The molecule has 0 atom stereocenters. The van der Waals surface area contributed by atoms with Gasteiger partial charge in [-0.3, -0.25) is 0 Å².